The summed E-state index contributed by atoms with van der Waals surface area (Å²) in [7, 11) is 0. The molecule has 1 atom stereocenters. The standard InChI is InChI=1S/C8H14BrN3/c1-3-4-10-6(2)8-11-5-7(9)12-8/h5-6,10H,3-4H2,1-2H3,(H,11,12). The quantitative estimate of drug-likeness (QED) is 0.835. The van der Waals surface area contributed by atoms with Crippen LogP contribution in [0.15, 0.2) is 10.8 Å². The molecule has 1 unspecified atom stereocenters. The first-order chi connectivity index (χ1) is 5.74. The summed E-state index contributed by atoms with van der Waals surface area (Å²) in [5.41, 5.74) is 0. The fraction of sp³-hybridized carbons (Fsp3) is 0.625. The van der Waals surface area contributed by atoms with Crippen LogP contribution in [0.5, 0.6) is 0 Å². The normalized spacial score (nSPS) is 13.2. The molecule has 3 nitrogen and oxygen atoms in total. The van der Waals surface area contributed by atoms with Crippen LogP contribution in [-0.4, -0.2) is 16.5 Å². The highest BCUT2D eigenvalue weighted by atomic mass is 79.9. The van der Waals surface area contributed by atoms with Gasteiger partial charge in [-0.3, -0.25) is 0 Å². The molecule has 0 saturated heterocycles. The summed E-state index contributed by atoms with van der Waals surface area (Å²) in [6.07, 6.45) is 2.92. The third kappa shape index (κ3) is 2.60. The van der Waals surface area contributed by atoms with Crippen LogP contribution in [0, 0.1) is 0 Å². The molecule has 0 aromatic carbocycles. The van der Waals surface area contributed by atoms with E-state index in [1.165, 1.54) is 0 Å². The van der Waals surface area contributed by atoms with Crippen molar-refractivity contribution in [2.75, 3.05) is 6.54 Å². The van der Waals surface area contributed by atoms with Crippen LogP contribution >= 0.6 is 15.9 Å². The van der Waals surface area contributed by atoms with E-state index < -0.39 is 0 Å². The molecule has 0 fully saturated rings. The lowest BCUT2D eigenvalue weighted by molar-refractivity contribution is 0.548. The Balaban J connectivity index is 2.47. The van der Waals surface area contributed by atoms with E-state index in [0.29, 0.717) is 6.04 Å². The summed E-state index contributed by atoms with van der Waals surface area (Å²) in [6, 6.07) is 0.302. The van der Waals surface area contributed by atoms with Gasteiger partial charge in [0.2, 0.25) is 0 Å². The molecule has 1 heterocycles. The molecule has 0 amide bonds. The minimum absolute atomic E-state index is 0.302. The molecule has 0 aliphatic carbocycles. The summed E-state index contributed by atoms with van der Waals surface area (Å²) < 4.78 is 0.933. The lowest BCUT2D eigenvalue weighted by Crippen LogP contribution is -2.20. The number of nitrogens with one attached hydrogen (secondary N) is 2. The molecule has 12 heavy (non-hydrogen) atoms. The second-order valence-electron chi connectivity index (χ2n) is 2.79. The highest BCUT2D eigenvalue weighted by molar-refractivity contribution is 9.10. The van der Waals surface area contributed by atoms with E-state index in [9.17, 15) is 0 Å². The fourth-order valence-electron chi connectivity index (χ4n) is 0.991. The van der Waals surface area contributed by atoms with Crippen LogP contribution in [0.4, 0.5) is 0 Å². The third-order valence-corrected chi connectivity index (χ3v) is 2.08. The molecule has 0 aliphatic heterocycles. The third-order valence-electron chi connectivity index (χ3n) is 1.68. The van der Waals surface area contributed by atoms with Crippen molar-refractivity contribution >= 4 is 15.9 Å². The Morgan fingerprint density at radius 3 is 3.00 bits per heavy atom. The first-order valence-electron chi connectivity index (χ1n) is 4.17. The maximum atomic E-state index is 4.20. The number of H-pyrrole nitrogens is 1. The Morgan fingerprint density at radius 1 is 1.75 bits per heavy atom. The van der Waals surface area contributed by atoms with Gasteiger partial charge in [0.1, 0.15) is 10.4 Å². The molecule has 0 spiro atoms. The number of aromatic amines is 1. The number of hydrogen-bond donors (Lipinski definition) is 2. The van der Waals surface area contributed by atoms with Gasteiger partial charge in [0.05, 0.1) is 12.2 Å². The second-order valence-corrected chi connectivity index (χ2v) is 3.65. The topological polar surface area (TPSA) is 40.7 Å². The molecule has 1 aromatic heterocycles. The minimum atomic E-state index is 0.302. The Labute approximate surface area is 81.1 Å². The van der Waals surface area contributed by atoms with Gasteiger partial charge in [-0.05, 0) is 35.8 Å². The zero-order valence-corrected chi connectivity index (χ0v) is 8.98. The largest absolute Gasteiger partial charge is 0.335 e. The zero-order chi connectivity index (χ0) is 8.97. The lowest BCUT2D eigenvalue weighted by Gasteiger charge is -2.09. The SMILES string of the molecule is CCCNC(C)c1ncc(Br)[nH]1. The fourth-order valence-corrected chi connectivity index (χ4v) is 1.30. The van der Waals surface area contributed by atoms with Gasteiger partial charge >= 0.3 is 0 Å². The van der Waals surface area contributed by atoms with Gasteiger partial charge in [-0.15, -0.1) is 0 Å². The predicted octanol–water partition coefficient (Wildman–Crippen LogP) is 2.23. The van der Waals surface area contributed by atoms with Crippen LogP contribution in [-0.2, 0) is 0 Å². The predicted molar refractivity (Wildman–Crippen MR) is 53.0 cm³/mol. The average molecular weight is 232 g/mol. The molecule has 4 heteroatoms. The van der Waals surface area contributed by atoms with Gasteiger partial charge in [0, 0.05) is 0 Å². The van der Waals surface area contributed by atoms with Crippen molar-refractivity contribution in [3.8, 4) is 0 Å². The summed E-state index contributed by atoms with van der Waals surface area (Å²) in [5.74, 6) is 0.982. The molecule has 0 bridgehead atoms. The molecule has 2 N–H and O–H groups in total. The van der Waals surface area contributed by atoms with Crippen molar-refractivity contribution in [3.63, 3.8) is 0 Å². The van der Waals surface area contributed by atoms with E-state index in [0.717, 1.165) is 23.4 Å². The molecule has 1 aromatic rings. The van der Waals surface area contributed by atoms with E-state index in [4.69, 9.17) is 0 Å². The number of aromatic nitrogens is 2. The van der Waals surface area contributed by atoms with Gasteiger partial charge in [-0.25, -0.2) is 4.98 Å². The summed E-state index contributed by atoms with van der Waals surface area (Å²) in [4.78, 5) is 7.33. The van der Waals surface area contributed by atoms with Crippen LogP contribution in [0.2, 0.25) is 0 Å². The average Bonchev–Trinajstić information content (AvgIpc) is 2.47. The van der Waals surface area contributed by atoms with E-state index in [1.54, 1.807) is 6.20 Å². The summed E-state index contributed by atoms with van der Waals surface area (Å²) >= 11 is 3.32. The van der Waals surface area contributed by atoms with Crippen molar-refractivity contribution in [2.45, 2.75) is 26.3 Å². The van der Waals surface area contributed by atoms with E-state index in [1.807, 2.05) is 0 Å². The number of nitrogens with zero attached hydrogens (tertiary/aromatic N) is 1. The molecule has 68 valence electrons. The Bertz CT molecular complexity index is 234. The van der Waals surface area contributed by atoms with Gasteiger partial charge in [0.25, 0.3) is 0 Å². The molecule has 0 saturated carbocycles. The van der Waals surface area contributed by atoms with E-state index >= 15 is 0 Å². The van der Waals surface area contributed by atoms with Crippen molar-refractivity contribution in [2.24, 2.45) is 0 Å². The van der Waals surface area contributed by atoms with Crippen LogP contribution < -0.4 is 5.32 Å². The molecule has 1 rings (SSSR count). The summed E-state index contributed by atoms with van der Waals surface area (Å²) in [6.45, 7) is 5.28. The number of hydrogen-bond acceptors (Lipinski definition) is 2. The summed E-state index contributed by atoms with van der Waals surface area (Å²) in [5, 5.41) is 3.35. The van der Waals surface area contributed by atoms with Crippen LogP contribution in [0.25, 0.3) is 0 Å². The highest BCUT2D eigenvalue weighted by Crippen LogP contribution is 2.11. The number of rotatable bonds is 4. The smallest absolute Gasteiger partial charge is 0.123 e. The van der Waals surface area contributed by atoms with Crippen molar-refractivity contribution < 1.29 is 0 Å². The first-order valence-corrected chi connectivity index (χ1v) is 4.97. The van der Waals surface area contributed by atoms with E-state index in [-0.39, 0.29) is 0 Å². The molecular formula is C8H14BrN3. The first kappa shape index (κ1) is 9.74. The molecule has 0 aliphatic rings. The van der Waals surface area contributed by atoms with Crippen molar-refractivity contribution in [1.82, 2.24) is 15.3 Å². The molecular weight excluding hydrogens is 218 g/mol. The minimum Gasteiger partial charge on any atom is -0.335 e. The van der Waals surface area contributed by atoms with Gasteiger partial charge in [-0.1, -0.05) is 6.92 Å². The maximum Gasteiger partial charge on any atom is 0.123 e. The van der Waals surface area contributed by atoms with Crippen LogP contribution in [0.1, 0.15) is 32.1 Å². The Morgan fingerprint density at radius 2 is 2.50 bits per heavy atom. The van der Waals surface area contributed by atoms with E-state index in [2.05, 4.69) is 45.1 Å². The maximum absolute atomic E-state index is 4.20. The number of imidazole rings is 1. The van der Waals surface area contributed by atoms with Crippen molar-refractivity contribution in [1.29, 1.82) is 0 Å². The van der Waals surface area contributed by atoms with Crippen molar-refractivity contribution in [3.05, 3.63) is 16.6 Å². The lowest BCUT2D eigenvalue weighted by atomic mass is 10.3. The molecule has 0 radical (unpaired) electrons. The Hall–Kier alpha value is -0.350. The highest BCUT2D eigenvalue weighted by Gasteiger charge is 2.06. The Kier molecular flexibility index (Phi) is 3.75. The number of halogens is 1. The van der Waals surface area contributed by atoms with Gasteiger partial charge in [0.15, 0.2) is 0 Å². The second kappa shape index (κ2) is 4.62. The van der Waals surface area contributed by atoms with Gasteiger partial charge in [-0.2, -0.15) is 0 Å². The monoisotopic (exact) mass is 231 g/mol. The van der Waals surface area contributed by atoms with Gasteiger partial charge < -0.3 is 10.3 Å². The zero-order valence-electron chi connectivity index (χ0n) is 7.39. The van der Waals surface area contributed by atoms with Crippen LogP contribution in [0.3, 0.4) is 0 Å².